The lowest BCUT2D eigenvalue weighted by atomic mass is 9.97. The van der Waals surface area contributed by atoms with Gasteiger partial charge in [0.1, 0.15) is 30.5 Å². The lowest BCUT2D eigenvalue weighted by Crippen LogP contribution is -2.62. The molecule has 0 amide bonds. The highest BCUT2D eigenvalue weighted by Crippen LogP contribution is 2.33. The van der Waals surface area contributed by atoms with Crippen LogP contribution >= 0.6 is 0 Å². The van der Waals surface area contributed by atoms with Crippen LogP contribution in [0.1, 0.15) is 106 Å². The molecule has 2 saturated heterocycles. The van der Waals surface area contributed by atoms with Crippen LogP contribution in [0.25, 0.3) is 0 Å². The zero-order valence-corrected chi connectivity index (χ0v) is 26.6. The van der Waals surface area contributed by atoms with Gasteiger partial charge in [0.25, 0.3) is 0 Å². The van der Waals surface area contributed by atoms with Crippen molar-refractivity contribution in [3.63, 3.8) is 0 Å². The van der Waals surface area contributed by atoms with Crippen LogP contribution in [0.15, 0.2) is 0 Å². The molecule has 0 aromatic carbocycles. The predicted molar refractivity (Wildman–Crippen MR) is 156 cm³/mol. The molecule has 0 aliphatic carbocycles. The van der Waals surface area contributed by atoms with Gasteiger partial charge in [0, 0.05) is 26.4 Å². The fraction of sp³-hybridized carbons (Fsp3) is 1.00. The van der Waals surface area contributed by atoms with Gasteiger partial charge in [-0.1, -0.05) is 60.3 Å². The average Bonchev–Trinajstić information content (AvgIpc) is 3.26. The Hall–Kier alpha value is -0.360. The topological polar surface area (TPSA) is 99.9 Å². The van der Waals surface area contributed by atoms with Crippen molar-refractivity contribution in [1.82, 2.24) is 0 Å². The zero-order chi connectivity index (χ0) is 29.4. The summed E-state index contributed by atoms with van der Waals surface area (Å²) >= 11 is 0. The fourth-order valence-electron chi connectivity index (χ4n) is 5.09. The van der Waals surface area contributed by atoms with Gasteiger partial charge in [-0.3, -0.25) is 0 Å². The minimum atomic E-state index is -0.671. The van der Waals surface area contributed by atoms with E-state index in [0.717, 1.165) is 57.8 Å². The van der Waals surface area contributed by atoms with Crippen molar-refractivity contribution < 1.29 is 37.9 Å². The van der Waals surface area contributed by atoms with E-state index in [1.54, 1.807) is 0 Å². The quantitative estimate of drug-likeness (QED) is 0.171. The lowest BCUT2D eigenvalue weighted by molar-refractivity contribution is -0.325. The maximum absolute atomic E-state index is 6.63. The minimum absolute atomic E-state index is 0.0846. The van der Waals surface area contributed by atoms with Gasteiger partial charge in [0.2, 0.25) is 0 Å². The predicted octanol–water partition coefficient (Wildman–Crippen LogP) is 5.36. The van der Waals surface area contributed by atoms with Crippen LogP contribution in [-0.4, -0.2) is 94.4 Å². The number of rotatable bonds is 22. The van der Waals surface area contributed by atoms with Crippen LogP contribution < -0.4 is 5.73 Å². The Morgan fingerprint density at radius 2 is 1.23 bits per heavy atom. The summed E-state index contributed by atoms with van der Waals surface area (Å²) in [7, 11) is 0. The molecule has 2 heterocycles. The number of ether oxygens (including phenoxy) is 8. The Balaban J connectivity index is 2.24. The van der Waals surface area contributed by atoms with Gasteiger partial charge in [-0.25, -0.2) is 0 Å². The van der Waals surface area contributed by atoms with Gasteiger partial charge >= 0.3 is 0 Å². The number of unbranched alkanes of at least 4 members (excludes halogenated alkanes) is 4. The summed E-state index contributed by atoms with van der Waals surface area (Å²) in [6.45, 7) is 17.7. The Bertz CT molecular complexity index is 638. The van der Waals surface area contributed by atoms with Gasteiger partial charge in [0.15, 0.2) is 12.1 Å². The van der Waals surface area contributed by atoms with Crippen molar-refractivity contribution in [1.29, 1.82) is 0 Å². The molecule has 5 unspecified atom stereocenters. The monoisotopic (exact) mass is 575 g/mol. The molecular formula is C31H61NO8. The van der Waals surface area contributed by atoms with Crippen molar-refractivity contribution >= 4 is 0 Å². The second kappa shape index (κ2) is 19.8. The standard InChI is InChI=1S/C31H61NO8/c1-8-13-17-33-22-25-27(34-18-14-9-2)28(35-19-15-10-3)29(36-20-16-11-4)30(38-25)37-21-23(32)26-24(12-5)39-31(6,7)40-26/h23-30H,8-22,32H2,1-7H3/t23-,24+,25?,26-,27?,28?,29?,30?/m0/s1. The molecular weight excluding hydrogens is 514 g/mol. The molecule has 0 aromatic heterocycles. The smallest absolute Gasteiger partial charge is 0.186 e. The lowest BCUT2D eigenvalue weighted by Gasteiger charge is -2.46. The average molecular weight is 576 g/mol. The molecule has 0 aromatic rings. The first-order chi connectivity index (χ1) is 19.3. The molecule has 0 spiro atoms. The summed E-state index contributed by atoms with van der Waals surface area (Å²) < 4.78 is 50.7. The number of hydrogen-bond donors (Lipinski definition) is 1. The van der Waals surface area contributed by atoms with Gasteiger partial charge in [-0.15, -0.1) is 0 Å². The van der Waals surface area contributed by atoms with Crippen molar-refractivity contribution in [2.45, 2.75) is 161 Å². The van der Waals surface area contributed by atoms with E-state index in [1.165, 1.54) is 0 Å². The number of hydrogen-bond acceptors (Lipinski definition) is 9. The molecule has 2 fully saturated rings. The highest BCUT2D eigenvalue weighted by Gasteiger charge is 2.50. The van der Waals surface area contributed by atoms with E-state index in [2.05, 4.69) is 34.6 Å². The first kappa shape index (κ1) is 35.8. The van der Waals surface area contributed by atoms with Crippen LogP contribution in [0, 0.1) is 0 Å². The summed E-state index contributed by atoms with van der Waals surface area (Å²) in [5.74, 6) is -0.668. The highest BCUT2D eigenvalue weighted by molar-refractivity contribution is 4.94. The number of nitrogens with two attached hydrogens (primary N) is 1. The molecule has 0 bridgehead atoms. The maximum atomic E-state index is 6.63. The SMILES string of the molecule is CCCCOCC1OC(OC[C@H](N)[C@@H]2OC(C)(C)O[C@@H]2CC)C(OCCCC)C(OCCCC)C1OCCCC. The van der Waals surface area contributed by atoms with Gasteiger partial charge in [0.05, 0.1) is 25.4 Å². The third-order valence-electron chi connectivity index (χ3n) is 7.44. The zero-order valence-electron chi connectivity index (χ0n) is 26.6. The fourth-order valence-corrected chi connectivity index (χ4v) is 5.09. The highest BCUT2D eigenvalue weighted by atomic mass is 16.8. The van der Waals surface area contributed by atoms with Crippen LogP contribution in [-0.2, 0) is 37.9 Å². The summed E-state index contributed by atoms with van der Waals surface area (Å²) in [6, 6.07) is -0.385. The summed E-state index contributed by atoms with van der Waals surface area (Å²) in [5.41, 5.74) is 6.63. The Morgan fingerprint density at radius 3 is 1.80 bits per heavy atom. The molecule has 0 saturated carbocycles. The van der Waals surface area contributed by atoms with Crippen LogP contribution in [0.2, 0.25) is 0 Å². The molecule has 2 aliphatic rings. The van der Waals surface area contributed by atoms with E-state index in [4.69, 9.17) is 43.6 Å². The van der Waals surface area contributed by atoms with E-state index < -0.39 is 18.2 Å². The molecule has 8 atom stereocenters. The van der Waals surface area contributed by atoms with Gasteiger partial charge < -0.3 is 43.6 Å². The summed E-state index contributed by atoms with van der Waals surface area (Å²) in [5, 5.41) is 0. The van der Waals surface area contributed by atoms with Gasteiger partial charge in [-0.05, 0) is 46.0 Å². The third kappa shape index (κ3) is 11.7. The van der Waals surface area contributed by atoms with E-state index in [0.29, 0.717) is 33.0 Å². The van der Waals surface area contributed by atoms with Crippen LogP contribution in [0.4, 0.5) is 0 Å². The third-order valence-corrected chi connectivity index (χ3v) is 7.44. The van der Waals surface area contributed by atoms with Crippen LogP contribution in [0.5, 0.6) is 0 Å². The normalized spacial score (nSPS) is 31.1. The second-order valence-corrected chi connectivity index (χ2v) is 11.6. The molecule has 2 N–H and O–H groups in total. The van der Waals surface area contributed by atoms with E-state index in [-0.39, 0.29) is 43.2 Å². The van der Waals surface area contributed by atoms with Crippen molar-refractivity contribution in [3.8, 4) is 0 Å². The Kier molecular flexibility index (Phi) is 17.7. The molecule has 9 heteroatoms. The van der Waals surface area contributed by atoms with Crippen molar-refractivity contribution in [2.75, 3.05) is 39.6 Å². The van der Waals surface area contributed by atoms with Crippen LogP contribution in [0.3, 0.4) is 0 Å². The van der Waals surface area contributed by atoms with E-state index in [1.807, 2.05) is 13.8 Å². The Morgan fingerprint density at radius 1 is 0.675 bits per heavy atom. The molecule has 40 heavy (non-hydrogen) atoms. The van der Waals surface area contributed by atoms with Crippen molar-refractivity contribution in [2.24, 2.45) is 5.73 Å². The Labute approximate surface area is 244 Å². The molecule has 2 rings (SSSR count). The van der Waals surface area contributed by atoms with Gasteiger partial charge in [-0.2, -0.15) is 0 Å². The first-order valence-electron chi connectivity index (χ1n) is 16.1. The molecule has 2 aliphatic heterocycles. The second-order valence-electron chi connectivity index (χ2n) is 11.6. The first-order valence-corrected chi connectivity index (χ1v) is 16.1. The van der Waals surface area contributed by atoms with Crippen molar-refractivity contribution in [3.05, 3.63) is 0 Å². The largest absolute Gasteiger partial charge is 0.379 e. The molecule has 238 valence electrons. The summed E-state index contributed by atoms with van der Waals surface area (Å²) in [4.78, 5) is 0. The maximum Gasteiger partial charge on any atom is 0.186 e. The van der Waals surface area contributed by atoms with E-state index in [9.17, 15) is 0 Å². The van der Waals surface area contributed by atoms with E-state index >= 15 is 0 Å². The molecule has 9 nitrogen and oxygen atoms in total. The minimum Gasteiger partial charge on any atom is -0.379 e. The molecule has 0 radical (unpaired) electrons. The summed E-state index contributed by atoms with van der Waals surface area (Å²) in [6.07, 6.45) is 6.40.